The van der Waals surface area contributed by atoms with Crippen LogP contribution >= 0.6 is 15.9 Å². The highest BCUT2D eigenvalue weighted by atomic mass is 79.9. The maximum atomic E-state index is 13.8. The number of amides is 2. The zero-order valence-electron chi connectivity index (χ0n) is 15.7. The molecule has 5 heteroatoms. The fraction of sp³-hybridized carbons (Fsp3) is 0.160. The van der Waals surface area contributed by atoms with Gasteiger partial charge in [0, 0.05) is 5.92 Å². The van der Waals surface area contributed by atoms with Gasteiger partial charge in [0.1, 0.15) is 6.07 Å². The molecule has 1 fully saturated rings. The first-order chi connectivity index (χ1) is 14.6. The lowest BCUT2D eigenvalue weighted by Crippen LogP contribution is -2.50. The minimum absolute atomic E-state index is 0.183. The number of para-hydroxylation sites is 1. The van der Waals surface area contributed by atoms with Gasteiger partial charge in [0.2, 0.25) is 11.8 Å². The number of halogens is 1. The SMILES string of the molecule is N#Cc1ccccc1N1C(=O)[C@@H]2C3c4ccccc4C(Br)(c4ccccc43)[C@H]2C1=O. The Bertz CT molecular complexity index is 1260. The van der Waals surface area contributed by atoms with Crippen molar-refractivity contribution in [2.75, 3.05) is 4.90 Å². The third-order valence-corrected chi connectivity index (χ3v) is 8.13. The number of nitriles is 1. The second kappa shape index (κ2) is 5.90. The van der Waals surface area contributed by atoms with Gasteiger partial charge in [-0.3, -0.25) is 9.59 Å². The van der Waals surface area contributed by atoms with E-state index in [2.05, 4.69) is 34.1 Å². The molecule has 1 saturated heterocycles. The molecule has 144 valence electrons. The van der Waals surface area contributed by atoms with Crippen molar-refractivity contribution in [1.82, 2.24) is 0 Å². The number of hydrogen-bond donors (Lipinski definition) is 0. The van der Waals surface area contributed by atoms with Crippen molar-refractivity contribution in [3.63, 3.8) is 0 Å². The van der Waals surface area contributed by atoms with E-state index >= 15 is 0 Å². The molecule has 2 bridgehead atoms. The average molecular weight is 455 g/mol. The van der Waals surface area contributed by atoms with Crippen LogP contribution in [0.1, 0.15) is 33.7 Å². The first kappa shape index (κ1) is 17.6. The number of alkyl halides is 1. The molecule has 3 aliphatic carbocycles. The number of imide groups is 1. The van der Waals surface area contributed by atoms with Crippen molar-refractivity contribution in [3.8, 4) is 6.07 Å². The van der Waals surface area contributed by atoms with Gasteiger partial charge in [0.05, 0.1) is 27.4 Å². The molecular formula is C25H15BrN2O2. The van der Waals surface area contributed by atoms with Crippen molar-refractivity contribution >= 4 is 33.4 Å². The normalized spacial score (nSPS) is 28.0. The monoisotopic (exact) mass is 454 g/mol. The Balaban J connectivity index is 1.63. The lowest BCUT2D eigenvalue weighted by molar-refractivity contribution is -0.122. The minimum Gasteiger partial charge on any atom is -0.274 e. The van der Waals surface area contributed by atoms with E-state index < -0.39 is 16.2 Å². The molecule has 2 amide bonds. The molecule has 0 radical (unpaired) electrons. The summed E-state index contributed by atoms with van der Waals surface area (Å²) in [5.41, 5.74) is 4.96. The number of anilines is 1. The van der Waals surface area contributed by atoms with Crippen molar-refractivity contribution in [1.29, 1.82) is 5.26 Å². The quantitative estimate of drug-likeness (QED) is 0.402. The van der Waals surface area contributed by atoms with Gasteiger partial charge in [0.15, 0.2) is 0 Å². The molecule has 4 aliphatic rings. The van der Waals surface area contributed by atoms with Gasteiger partial charge in [0.25, 0.3) is 0 Å². The summed E-state index contributed by atoms with van der Waals surface area (Å²) in [6, 6.07) is 25.1. The summed E-state index contributed by atoms with van der Waals surface area (Å²) in [5, 5.41) is 9.55. The fourth-order valence-electron chi connectivity index (χ4n) is 5.68. The number of rotatable bonds is 1. The minimum atomic E-state index is -0.775. The van der Waals surface area contributed by atoms with Crippen LogP contribution in [-0.4, -0.2) is 11.8 Å². The highest BCUT2D eigenvalue weighted by Crippen LogP contribution is 2.66. The topological polar surface area (TPSA) is 61.2 Å². The van der Waals surface area contributed by atoms with Crippen LogP contribution in [0.5, 0.6) is 0 Å². The summed E-state index contributed by atoms with van der Waals surface area (Å²) in [7, 11) is 0. The van der Waals surface area contributed by atoms with E-state index in [-0.39, 0.29) is 17.7 Å². The van der Waals surface area contributed by atoms with Gasteiger partial charge in [-0.05, 0) is 34.4 Å². The number of nitrogens with zero attached hydrogens (tertiary/aromatic N) is 2. The van der Waals surface area contributed by atoms with E-state index in [1.165, 1.54) is 4.90 Å². The van der Waals surface area contributed by atoms with Crippen molar-refractivity contribution in [3.05, 3.63) is 101 Å². The molecule has 7 rings (SSSR count). The van der Waals surface area contributed by atoms with Crippen LogP contribution in [0.15, 0.2) is 72.8 Å². The third-order valence-electron chi connectivity index (χ3n) is 6.78. The molecule has 3 aromatic rings. The van der Waals surface area contributed by atoms with Crippen molar-refractivity contribution in [2.45, 2.75) is 10.2 Å². The average Bonchev–Trinajstić information content (AvgIpc) is 3.05. The molecule has 0 N–H and O–H groups in total. The Morgan fingerprint density at radius 1 is 0.833 bits per heavy atom. The highest BCUT2D eigenvalue weighted by Gasteiger charge is 2.67. The number of benzene rings is 3. The van der Waals surface area contributed by atoms with E-state index in [9.17, 15) is 14.9 Å². The van der Waals surface area contributed by atoms with Gasteiger partial charge in [-0.2, -0.15) is 5.26 Å². The molecule has 4 nitrogen and oxygen atoms in total. The van der Waals surface area contributed by atoms with E-state index in [1.807, 2.05) is 36.4 Å². The van der Waals surface area contributed by atoms with Crippen LogP contribution in [0.3, 0.4) is 0 Å². The van der Waals surface area contributed by atoms with Gasteiger partial charge in [-0.1, -0.05) is 76.6 Å². The predicted octanol–water partition coefficient (Wildman–Crippen LogP) is 4.46. The molecule has 0 saturated carbocycles. The summed E-state index contributed by atoms with van der Waals surface area (Å²) >= 11 is 3.98. The lowest BCUT2D eigenvalue weighted by atomic mass is 9.55. The summed E-state index contributed by atoms with van der Waals surface area (Å²) < 4.78 is -0.775. The zero-order chi connectivity index (χ0) is 20.6. The van der Waals surface area contributed by atoms with Crippen LogP contribution in [0, 0.1) is 23.2 Å². The Morgan fingerprint density at radius 3 is 2.03 bits per heavy atom. The van der Waals surface area contributed by atoms with Crippen LogP contribution in [0.4, 0.5) is 5.69 Å². The predicted molar refractivity (Wildman–Crippen MR) is 115 cm³/mol. The molecule has 1 aliphatic heterocycles. The molecule has 0 aromatic heterocycles. The van der Waals surface area contributed by atoms with Crippen molar-refractivity contribution < 1.29 is 9.59 Å². The van der Waals surface area contributed by atoms with Gasteiger partial charge < -0.3 is 0 Å². The Morgan fingerprint density at radius 2 is 1.40 bits per heavy atom. The van der Waals surface area contributed by atoms with Crippen LogP contribution < -0.4 is 4.90 Å². The van der Waals surface area contributed by atoms with E-state index in [0.717, 1.165) is 22.3 Å². The van der Waals surface area contributed by atoms with Gasteiger partial charge >= 0.3 is 0 Å². The maximum Gasteiger partial charge on any atom is 0.239 e. The third kappa shape index (κ3) is 1.90. The highest BCUT2D eigenvalue weighted by molar-refractivity contribution is 9.09. The number of carbonyl (C=O) groups is 2. The van der Waals surface area contributed by atoms with E-state index in [4.69, 9.17) is 0 Å². The molecule has 30 heavy (non-hydrogen) atoms. The largest absolute Gasteiger partial charge is 0.274 e. The Labute approximate surface area is 181 Å². The van der Waals surface area contributed by atoms with Crippen LogP contribution in [0.25, 0.3) is 0 Å². The Hall–Kier alpha value is -3.23. The molecule has 2 atom stereocenters. The Kier molecular flexibility index (Phi) is 3.46. The zero-order valence-corrected chi connectivity index (χ0v) is 17.3. The van der Waals surface area contributed by atoms with Gasteiger partial charge in [-0.15, -0.1) is 0 Å². The van der Waals surface area contributed by atoms with E-state index in [0.29, 0.717) is 11.3 Å². The second-order valence-electron chi connectivity index (χ2n) is 8.01. The lowest BCUT2D eigenvalue weighted by Gasteiger charge is -2.51. The summed E-state index contributed by atoms with van der Waals surface area (Å²) in [6.45, 7) is 0. The molecule has 1 heterocycles. The van der Waals surface area contributed by atoms with Crippen molar-refractivity contribution in [2.24, 2.45) is 11.8 Å². The molecular weight excluding hydrogens is 440 g/mol. The first-order valence-corrected chi connectivity index (χ1v) is 10.6. The van der Waals surface area contributed by atoms with E-state index in [1.54, 1.807) is 24.3 Å². The summed E-state index contributed by atoms with van der Waals surface area (Å²) in [4.78, 5) is 28.8. The summed E-state index contributed by atoms with van der Waals surface area (Å²) in [6.07, 6.45) is 0. The summed E-state index contributed by atoms with van der Waals surface area (Å²) in [5.74, 6) is -1.73. The smallest absolute Gasteiger partial charge is 0.239 e. The first-order valence-electron chi connectivity index (χ1n) is 9.83. The molecule has 3 aromatic carbocycles. The molecule has 0 spiro atoms. The van der Waals surface area contributed by atoms with Gasteiger partial charge in [-0.25, -0.2) is 4.90 Å². The fourth-order valence-corrected chi connectivity index (χ4v) is 6.88. The molecule has 0 unspecified atom stereocenters. The second-order valence-corrected chi connectivity index (χ2v) is 9.26. The number of hydrogen-bond acceptors (Lipinski definition) is 3. The number of carbonyl (C=O) groups excluding carboxylic acids is 2. The standard InChI is InChI=1S/C25H15BrN2O2/c26-25-17-10-4-2-8-15(17)20(16-9-3-5-11-18(16)25)21-22(25)24(30)28(23(21)29)19-12-6-1-7-14(19)13-27/h1-12,20-22H/t20?,21-,22-,25?/m1/s1. The maximum absolute atomic E-state index is 13.8. The van der Waals surface area contributed by atoms with Crippen LogP contribution in [0.2, 0.25) is 0 Å². The van der Waals surface area contributed by atoms with Crippen LogP contribution in [-0.2, 0) is 13.9 Å².